The van der Waals surface area contributed by atoms with Gasteiger partial charge in [-0.25, -0.2) is 4.98 Å². The molecule has 1 atom stereocenters. The Kier molecular flexibility index (Phi) is 2.85. The zero-order chi connectivity index (χ0) is 11.0. The van der Waals surface area contributed by atoms with Crippen LogP contribution in [-0.2, 0) is 6.42 Å². The Morgan fingerprint density at radius 3 is 2.93 bits per heavy atom. The molecule has 0 spiro atoms. The molecule has 1 aliphatic carbocycles. The summed E-state index contributed by atoms with van der Waals surface area (Å²) in [5.74, 6) is 0.733. The third-order valence-corrected chi connectivity index (χ3v) is 3.01. The summed E-state index contributed by atoms with van der Waals surface area (Å²) in [6, 6.07) is 1.93. The molecule has 1 N–H and O–H groups in total. The summed E-state index contributed by atoms with van der Waals surface area (Å²) in [6.45, 7) is 0. The lowest BCUT2D eigenvalue weighted by atomic mass is 9.94. The van der Waals surface area contributed by atoms with Crippen molar-refractivity contribution in [2.45, 2.75) is 25.4 Å². The summed E-state index contributed by atoms with van der Waals surface area (Å²) >= 11 is 6.12. The molecule has 82 valence electrons. The number of aromatic nitrogens is 1. The summed E-state index contributed by atoms with van der Waals surface area (Å²) in [4.78, 5) is 6.30. The minimum Gasteiger partial charge on any atom is -0.387 e. The highest BCUT2D eigenvalue weighted by Gasteiger charge is 2.21. The van der Waals surface area contributed by atoms with Crippen molar-refractivity contribution in [3.8, 4) is 0 Å². The van der Waals surface area contributed by atoms with Gasteiger partial charge in [-0.05, 0) is 30.9 Å². The molecule has 4 heteroatoms. The zero-order valence-corrected chi connectivity index (χ0v) is 9.75. The van der Waals surface area contributed by atoms with E-state index in [0.29, 0.717) is 5.02 Å². The third-order valence-electron chi connectivity index (χ3n) is 2.73. The maximum absolute atomic E-state index is 9.83. The van der Waals surface area contributed by atoms with Crippen molar-refractivity contribution in [3.05, 3.63) is 22.3 Å². The summed E-state index contributed by atoms with van der Waals surface area (Å²) in [5.41, 5.74) is 1.89. The average Bonchev–Trinajstić information content (AvgIpc) is 2.16. The fraction of sp³-hybridized carbons (Fsp3) is 0.545. The highest BCUT2D eigenvalue weighted by molar-refractivity contribution is 6.33. The van der Waals surface area contributed by atoms with Crippen molar-refractivity contribution in [2.24, 2.45) is 0 Å². The van der Waals surface area contributed by atoms with E-state index in [-0.39, 0.29) is 0 Å². The fourth-order valence-electron chi connectivity index (χ4n) is 1.96. The summed E-state index contributed by atoms with van der Waals surface area (Å²) in [5, 5.41) is 10.5. The summed E-state index contributed by atoms with van der Waals surface area (Å²) < 4.78 is 0. The predicted octanol–water partition coefficient (Wildman–Crippen LogP) is 2.17. The molecule has 2 rings (SSSR count). The molecule has 0 amide bonds. The Morgan fingerprint density at radius 2 is 2.27 bits per heavy atom. The van der Waals surface area contributed by atoms with E-state index in [4.69, 9.17) is 11.6 Å². The molecular weight excluding hydrogens is 212 g/mol. The normalized spacial score (nSPS) is 19.9. The van der Waals surface area contributed by atoms with Gasteiger partial charge in [0, 0.05) is 14.1 Å². The van der Waals surface area contributed by atoms with Crippen molar-refractivity contribution in [2.75, 3.05) is 19.0 Å². The molecule has 0 aliphatic heterocycles. The average molecular weight is 227 g/mol. The maximum Gasteiger partial charge on any atom is 0.147 e. The zero-order valence-electron chi connectivity index (χ0n) is 9.00. The van der Waals surface area contributed by atoms with Gasteiger partial charge >= 0.3 is 0 Å². The van der Waals surface area contributed by atoms with Crippen molar-refractivity contribution >= 4 is 17.4 Å². The number of anilines is 1. The summed E-state index contributed by atoms with van der Waals surface area (Å²) in [7, 11) is 3.80. The number of nitrogens with zero attached hydrogens (tertiary/aromatic N) is 2. The van der Waals surface area contributed by atoms with E-state index in [2.05, 4.69) is 4.98 Å². The highest BCUT2D eigenvalue weighted by atomic mass is 35.5. The molecule has 0 fully saturated rings. The molecule has 1 aromatic rings. The first-order chi connectivity index (χ1) is 7.09. The van der Waals surface area contributed by atoms with Crippen LogP contribution in [0, 0.1) is 0 Å². The second kappa shape index (κ2) is 3.99. The van der Waals surface area contributed by atoms with Crippen molar-refractivity contribution in [1.29, 1.82) is 0 Å². The van der Waals surface area contributed by atoms with Crippen LogP contribution in [0.15, 0.2) is 6.07 Å². The topological polar surface area (TPSA) is 36.4 Å². The van der Waals surface area contributed by atoms with Gasteiger partial charge in [-0.3, -0.25) is 0 Å². The van der Waals surface area contributed by atoms with Crippen LogP contribution in [0.25, 0.3) is 0 Å². The quantitative estimate of drug-likeness (QED) is 0.798. The van der Waals surface area contributed by atoms with Crippen LogP contribution in [0.1, 0.15) is 30.2 Å². The van der Waals surface area contributed by atoms with Crippen molar-refractivity contribution in [1.82, 2.24) is 4.98 Å². The number of rotatable bonds is 1. The highest BCUT2D eigenvalue weighted by Crippen LogP contribution is 2.33. The number of halogens is 1. The smallest absolute Gasteiger partial charge is 0.147 e. The number of aliphatic hydroxyl groups excluding tert-OH is 1. The van der Waals surface area contributed by atoms with Crippen LogP contribution in [0.3, 0.4) is 0 Å². The Bertz CT molecular complexity index is 379. The number of fused-ring (bicyclic) bond motifs is 1. The van der Waals surface area contributed by atoms with Gasteiger partial charge in [0.05, 0.1) is 16.8 Å². The number of hydrogen-bond acceptors (Lipinski definition) is 3. The standard InChI is InChI=1S/C11H15ClN2O/c1-14(2)11-8(12)6-7-4-3-5-9(15)10(7)13-11/h6,9,15H,3-5H2,1-2H3. The number of hydrogen-bond donors (Lipinski definition) is 1. The van der Waals surface area contributed by atoms with Gasteiger partial charge in [0.25, 0.3) is 0 Å². The van der Waals surface area contributed by atoms with E-state index < -0.39 is 6.10 Å². The first kappa shape index (κ1) is 10.7. The molecule has 15 heavy (non-hydrogen) atoms. The molecule has 1 aromatic heterocycles. The molecule has 1 unspecified atom stereocenters. The fourth-order valence-corrected chi connectivity index (χ4v) is 2.30. The Balaban J connectivity index is 2.50. The van der Waals surface area contributed by atoms with E-state index >= 15 is 0 Å². The molecule has 0 radical (unpaired) electrons. The molecule has 0 aromatic carbocycles. The van der Waals surface area contributed by atoms with Crippen LogP contribution in [0.2, 0.25) is 5.02 Å². The largest absolute Gasteiger partial charge is 0.387 e. The lowest BCUT2D eigenvalue weighted by molar-refractivity contribution is 0.151. The molecule has 3 nitrogen and oxygen atoms in total. The van der Waals surface area contributed by atoms with Gasteiger partial charge in [-0.2, -0.15) is 0 Å². The van der Waals surface area contributed by atoms with Crippen LogP contribution >= 0.6 is 11.6 Å². The van der Waals surface area contributed by atoms with Gasteiger partial charge in [0.15, 0.2) is 0 Å². The van der Waals surface area contributed by atoms with Crippen LogP contribution in [-0.4, -0.2) is 24.2 Å². The molecular formula is C11H15ClN2O. The van der Waals surface area contributed by atoms with Crippen LogP contribution in [0.4, 0.5) is 5.82 Å². The van der Waals surface area contributed by atoms with Gasteiger partial charge in [-0.15, -0.1) is 0 Å². The Labute approximate surface area is 94.7 Å². The maximum atomic E-state index is 9.83. The number of pyridine rings is 1. The van der Waals surface area contributed by atoms with Crippen LogP contribution < -0.4 is 4.90 Å². The monoisotopic (exact) mass is 226 g/mol. The first-order valence-electron chi connectivity index (χ1n) is 5.14. The summed E-state index contributed by atoms with van der Waals surface area (Å²) in [6.07, 6.45) is 2.35. The SMILES string of the molecule is CN(C)c1nc2c(cc1Cl)CCCC2O. The van der Waals surface area contributed by atoms with E-state index in [0.717, 1.165) is 36.3 Å². The first-order valence-corrected chi connectivity index (χ1v) is 5.52. The van der Waals surface area contributed by atoms with E-state index in [1.165, 1.54) is 0 Å². The van der Waals surface area contributed by atoms with Crippen LogP contribution in [0.5, 0.6) is 0 Å². The Hall–Kier alpha value is -0.800. The lowest BCUT2D eigenvalue weighted by Gasteiger charge is -2.23. The van der Waals surface area contributed by atoms with Gasteiger partial charge in [0.1, 0.15) is 5.82 Å². The van der Waals surface area contributed by atoms with E-state index in [1.54, 1.807) is 0 Å². The van der Waals surface area contributed by atoms with Gasteiger partial charge in [-0.1, -0.05) is 11.6 Å². The minimum atomic E-state index is -0.426. The van der Waals surface area contributed by atoms with Gasteiger partial charge < -0.3 is 10.0 Å². The van der Waals surface area contributed by atoms with Crippen molar-refractivity contribution in [3.63, 3.8) is 0 Å². The second-order valence-electron chi connectivity index (χ2n) is 4.14. The molecule has 0 saturated carbocycles. The third kappa shape index (κ3) is 1.94. The predicted molar refractivity (Wildman–Crippen MR) is 61.5 cm³/mol. The number of aliphatic hydroxyl groups is 1. The minimum absolute atomic E-state index is 0.426. The van der Waals surface area contributed by atoms with E-state index in [1.807, 2.05) is 25.1 Å². The molecule has 0 saturated heterocycles. The van der Waals surface area contributed by atoms with Gasteiger partial charge in [0.2, 0.25) is 0 Å². The molecule has 1 aliphatic rings. The van der Waals surface area contributed by atoms with Crippen molar-refractivity contribution < 1.29 is 5.11 Å². The molecule has 1 heterocycles. The van der Waals surface area contributed by atoms with E-state index in [9.17, 15) is 5.11 Å². The lowest BCUT2D eigenvalue weighted by Crippen LogP contribution is -2.17. The number of aryl methyl sites for hydroxylation is 1. The molecule has 0 bridgehead atoms. The Morgan fingerprint density at radius 1 is 1.53 bits per heavy atom. The second-order valence-corrected chi connectivity index (χ2v) is 4.55.